The van der Waals surface area contributed by atoms with Crippen molar-refractivity contribution in [3.05, 3.63) is 68.2 Å². The molecular weight excluding hydrogens is 543 g/mol. The van der Waals surface area contributed by atoms with E-state index in [4.69, 9.17) is 23.2 Å². The van der Waals surface area contributed by atoms with Crippen LogP contribution in [0.25, 0.3) is 0 Å². The number of hydrogen-bond donors (Lipinski definition) is 1. The summed E-state index contributed by atoms with van der Waals surface area (Å²) in [5, 5.41) is 14.7. The quantitative estimate of drug-likeness (QED) is 0.299. The molecule has 2 rings (SSSR count). The Morgan fingerprint density at radius 3 is 2.35 bits per heavy atom. The second-order valence-electron chi connectivity index (χ2n) is 8.87. The minimum Gasteiger partial charge on any atom is -0.354 e. The third-order valence-corrected chi connectivity index (χ3v) is 7.16. The number of rotatable bonds is 12. The third kappa shape index (κ3) is 8.58. The lowest BCUT2D eigenvalue weighted by atomic mass is 10.1. The van der Waals surface area contributed by atoms with Gasteiger partial charge in [0.1, 0.15) is 12.6 Å². The number of nitro benzene ring substituents is 1. The van der Waals surface area contributed by atoms with Crippen molar-refractivity contribution in [1.29, 1.82) is 0 Å². The average Bonchev–Trinajstić information content (AvgIpc) is 2.81. The molecule has 0 radical (unpaired) electrons. The van der Waals surface area contributed by atoms with Gasteiger partial charge < -0.3 is 10.2 Å². The van der Waals surface area contributed by atoms with E-state index in [0.717, 1.165) is 16.6 Å². The van der Waals surface area contributed by atoms with E-state index < -0.39 is 39.3 Å². The highest BCUT2D eigenvalue weighted by Gasteiger charge is 2.32. The monoisotopic (exact) mass is 572 g/mol. The molecule has 2 aromatic carbocycles. The molecule has 0 aliphatic carbocycles. The van der Waals surface area contributed by atoms with Crippen LogP contribution in [-0.4, -0.2) is 55.4 Å². The molecule has 0 aliphatic heterocycles. The molecule has 1 N–H and O–H groups in total. The summed E-state index contributed by atoms with van der Waals surface area (Å²) in [5.74, 6) is -0.906. The molecule has 2 aromatic rings. The van der Waals surface area contributed by atoms with Crippen LogP contribution in [0.5, 0.6) is 0 Å². The number of amides is 2. The van der Waals surface area contributed by atoms with Gasteiger partial charge in [-0.05, 0) is 36.1 Å². The first-order valence-electron chi connectivity index (χ1n) is 11.5. The molecule has 0 aromatic heterocycles. The number of nitrogens with one attached hydrogen (secondary N) is 1. The summed E-state index contributed by atoms with van der Waals surface area (Å²) in [5.41, 5.74) is 0.130. The molecule has 0 spiro atoms. The van der Waals surface area contributed by atoms with Gasteiger partial charge in [-0.3, -0.25) is 24.0 Å². The van der Waals surface area contributed by atoms with Crippen molar-refractivity contribution in [2.45, 2.75) is 39.8 Å². The van der Waals surface area contributed by atoms with Gasteiger partial charge in [-0.15, -0.1) is 0 Å². The van der Waals surface area contributed by atoms with Crippen molar-refractivity contribution in [3.8, 4) is 0 Å². The van der Waals surface area contributed by atoms with Gasteiger partial charge in [0, 0.05) is 35.3 Å². The topological polar surface area (TPSA) is 130 Å². The van der Waals surface area contributed by atoms with Crippen LogP contribution in [-0.2, 0) is 26.2 Å². The minimum atomic E-state index is -4.03. The van der Waals surface area contributed by atoms with Crippen molar-refractivity contribution in [1.82, 2.24) is 10.2 Å². The molecule has 202 valence electrons. The number of anilines is 1. The number of hydrogen-bond acceptors (Lipinski definition) is 6. The highest BCUT2D eigenvalue weighted by molar-refractivity contribution is 7.92. The van der Waals surface area contributed by atoms with Crippen LogP contribution in [0.3, 0.4) is 0 Å². The van der Waals surface area contributed by atoms with E-state index in [9.17, 15) is 28.1 Å². The lowest BCUT2D eigenvalue weighted by Crippen LogP contribution is -2.52. The van der Waals surface area contributed by atoms with E-state index in [-0.39, 0.29) is 35.3 Å². The second kappa shape index (κ2) is 13.1. The first-order valence-corrected chi connectivity index (χ1v) is 14.1. The van der Waals surface area contributed by atoms with Crippen molar-refractivity contribution in [2.24, 2.45) is 5.92 Å². The molecule has 0 aliphatic rings. The summed E-state index contributed by atoms with van der Waals surface area (Å²) in [6.45, 7) is 5.22. The van der Waals surface area contributed by atoms with Crippen LogP contribution in [0.1, 0.15) is 32.8 Å². The van der Waals surface area contributed by atoms with Gasteiger partial charge in [0.15, 0.2) is 0 Å². The van der Waals surface area contributed by atoms with Gasteiger partial charge in [-0.25, -0.2) is 8.42 Å². The summed E-state index contributed by atoms with van der Waals surface area (Å²) in [7, 11) is -4.03. The Morgan fingerprint density at radius 2 is 1.81 bits per heavy atom. The Balaban J connectivity index is 2.49. The SMILES string of the molecule is CCC(C(=O)NCC(C)C)N(Cc1ccc(Cl)cc1Cl)C(=O)CN(c1cccc([N+](=O)[O-])c1)S(C)(=O)=O. The minimum absolute atomic E-state index is 0.0492. The largest absolute Gasteiger partial charge is 0.354 e. The van der Waals surface area contributed by atoms with Gasteiger partial charge in [0.25, 0.3) is 5.69 Å². The van der Waals surface area contributed by atoms with Gasteiger partial charge in [0.05, 0.1) is 16.9 Å². The van der Waals surface area contributed by atoms with Crippen molar-refractivity contribution < 1.29 is 22.9 Å². The molecule has 10 nitrogen and oxygen atoms in total. The first kappa shape index (κ1) is 30.3. The maximum atomic E-state index is 13.7. The number of carbonyl (C=O) groups excluding carboxylic acids is 2. The predicted octanol–water partition coefficient (Wildman–Crippen LogP) is 4.25. The van der Waals surface area contributed by atoms with E-state index in [0.29, 0.717) is 17.1 Å². The van der Waals surface area contributed by atoms with E-state index in [1.807, 2.05) is 13.8 Å². The van der Waals surface area contributed by atoms with E-state index >= 15 is 0 Å². The van der Waals surface area contributed by atoms with E-state index in [2.05, 4.69) is 5.32 Å². The number of halogens is 2. The second-order valence-corrected chi connectivity index (χ2v) is 11.6. The zero-order valence-electron chi connectivity index (χ0n) is 21.0. The molecular formula is C24H30Cl2N4O6S. The Kier molecular flexibility index (Phi) is 10.7. The molecule has 0 heterocycles. The van der Waals surface area contributed by atoms with Crippen LogP contribution < -0.4 is 9.62 Å². The number of nitrogens with zero attached hydrogens (tertiary/aromatic N) is 3. The normalized spacial score (nSPS) is 12.2. The number of sulfonamides is 1. The fourth-order valence-corrected chi connectivity index (χ4v) is 4.86. The Hall–Kier alpha value is -2.89. The Labute approximate surface area is 226 Å². The van der Waals surface area contributed by atoms with Gasteiger partial charge >= 0.3 is 0 Å². The first-order chi connectivity index (χ1) is 17.2. The van der Waals surface area contributed by atoms with Crippen LogP contribution >= 0.6 is 23.2 Å². The average molecular weight is 573 g/mol. The standard InChI is InChI=1S/C24H30Cl2N4O6S/c1-5-22(24(32)27-13-16(2)3)28(14-17-9-10-18(25)11-21(17)26)23(31)15-29(37(4,35)36)19-7-6-8-20(12-19)30(33)34/h6-12,16,22H,5,13-15H2,1-4H3,(H,27,32). The van der Waals surface area contributed by atoms with Crippen molar-refractivity contribution in [2.75, 3.05) is 23.7 Å². The van der Waals surface area contributed by atoms with Gasteiger partial charge in [-0.1, -0.05) is 56.1 Å². The zero-order chi connectivity index (χ0) is 27.9. The summed E-state index contributed by atoms with van der Waals surface area (Å²) in [6, 6.07) is 8.77. The molecule has 0 saturated carbocycles. The lowest BCUT2D eigenvalue weighted by molar-refractivity contribution is -0.384. The molecule has 0 saturated heterocycles. The number of benzene rings is 2. The van der Waals surface area contributed by atoms with Crippen LogP contribution in [0.2, 0.25) is 10.0 Å². The fraction of sp³-hybridized carbons (Fsp3) is 0.417. The molecule has 0 bridgehead atoms. The molecule has 0 fully saturated rings. The van der Waals surface area contributed by atoms with Crippen LogP contribution in [0.4, 0.5) is 11.4 Å². The lowest BCUT2D eigenvalue weighted by Gasteiger charge is -2.33. The van der Waals surface area contributed by atoms with Gasteiger partial charge in [-0.2, -0.15) is 0 Å². The fourth-order valence-electron chi connectivity index (χ4n) is 3.55. The van der Waals surface area contributed by atoms with Crippen molar-refractivity contribution in [3.63, 3.8) is 0 Å². The summed E-state index contributed by atoms with van der Waals surface area (Å²) >= 11 is 12.3. The number of carbonyl (C=O) groups is 2. The predicted molar refractivity (Wildman–Crippen MR) is 144 cm³/mol. The molecule has 2 amide bonds. The third-order valence-electron chi connectivity index (χ3n) is 5.43. The Morgan fingerprint density at radius 1 is 1.14 bits per heavy atom. The maximum Gasteiger partial charge on any atom is 0.271 e. The molecule has 1 atom stereocenters. The highest BCUT2D eigenvalue weighted by atomic mass is 35.5. The summed E-state index contributed by atoms with van der Waals surface area (Å²) < 4.78 is 26.1. The number of nitro groups is 1. The summed E-state index contributed by atoms with van der Waals surface area (Å²) in [4.78, 5) is 38.5. The molecule has 13 heteroatoms. The number of non-ortho nitro benzene ring substituents is 1. The smallest absolute Gasteiger partial charge is 0.271 e. The molecule has 1 unspecified atom stereocenters. The van der Waals surface area contributed by atoms with E-state index in [1.54, 1.807) is 19.1 Å². The van der Waals surface area contributed by atoms with Crippen LogP contribution in [0.15, 0.2) is 42.5 Å². The molecule has 37 heavy (non-hydrogen) atoms. The Bertz CT molecular complexity index is 1260. The van der Waals surface area contributed by atoms with Crippen molar-refractivity contribution >= 4 is 56.4 Å². The summed E-state index contributed by atoms with van der Waals surface area (Å²) in [6.07, 6.45) is 1.14. The van der Waals surface area contributed by atoms with Gasteiger partial charge in [0.2, 0.25) is 21.8 Å². The highest BCUT2D eigenvalue weighted by Crippen LogP contribution is 2.26. The maximum absolute atomic E-state index is 13.7. The zero-order valence-corrected chi connectivity index (χ0v) is 23.3. The van der Waals surface area contributed by atoms with E-state index in [1.165, 1.54) is 29.2 Å². The van der Waals surface area contributed by atoms with Crippen LogP contribution in [0, 0.1) is 16.0 Å².